The molecule has 2 N–H and O–H groups in total. The Bertz CT molecular complexity index is 358. The molecule has 14 heavy (non-hydrogen) atoms. The van der Waals surface area contributed by atoms with Crippen LogP contribution in [0.4, 0.5) is 5.69 Å². The van der Waals surface area contributed by atoms with Gasteiger partial charge in [0.15, 0.2) is 0 Å². The van der Waals surface area contributed by atoms with Gasteiger partial charge in [-0.2, -0.15) is 0 Å². The lowest BCUT2D eigenvalue weighted by molar-refractivity contribution is -0.125. The van der Waals surface area contributed by atoms with Crippen LogP contribution >= 0.6 is 0 Å². The van der Waals surface area contributed by atoms with Crippen LogP contribution in [0.1, 0.15) is 12.5 Å². The molecule has 1 fully saturated rings. The van der Waals surface area contributed by atoms with E-state index in [0.29, 0.717) is 0 Å². The van der Waals surface area contributed by atoms with E-state index < -0.39 is 0 Å². The summed E-state index contributed by atoms with van der Waals surface area (Å²) >= 11 is 0. The maximum atomic E-state index is 11.5. The number of carbonyl (C=O) groups is 1. The fourth-order valence-corrected chi connectivity index (χ4v) is 1.71. The molecule has 2 rings (SSSR count). The van der Waals surface area contributed by atoms with Crippen LogP contribution in [0.25, 0.3) is 0 Å². The molecule has 3 nitrogen and oxygen atoms in total. The van der Waals surface area contributed by atoms with Gasteiger partial charge in [-0.15, -0.1) is 0 Å². The van der Waals surface area contributed by atoms with Crippen LogP contribution < -0.4 is 10.6 Å². The third kappa shape index (κ3) is 1.21. The number of β-lactam (4-membered cyclic amide) rings is 1. The first kappa shape index (κ1) is 9.21. The molecule has 74 valence electrons. The molecule has 1 saturated heterocycles. The Morgan fingerprint density at radius 2 is 1.86 bits per heavy atom. The minimum Gasteiger partial charge on any atom is -0.318 e. The number of nitrogens with zero attached hydrogens (tertiary/aromatic N) is 1. The van der Waals surface area contributed by atoms with Crippen molar-refractivity contribution in [3.05, 3.63) is 29.8 Å². The summed E-state index contributed by atoms with van der Waals surface area (Å²) in [6.45, 7) is 3.99. The average Bonchev–Trinajstić information content (AvgIpc) is 2.21. The highest BCUT2D eigenvalue weighted by atomic mass is 16.2. The first-order chi connectivity index (χ1) is 6.61. The van der Waals surface area contributed by atoms with Crippen molar-refractivity contribution < 1.29 is 4.79 Å². The van der Waals surface area contributed by atoms with Gasteiger partial charge in [0.05, 0.1) is 6.04 Å². The van der Waals surface area contributed by atoms with E-state index in [1.54, 1.807) is 4.90 Å². The van der Waals surface area contributed by atoms with Crippen molar-refractivity contribution in [2.45, 2.75) is 25.9 Å². The molecule has 0 radical (unpaired) electrons. The highest BCUT2D eigenvalue weighted by molar-refractivity contribution is 6.05. The second kappa shape index (κ2) is 3.10. The Morgan fingerprint density at radius 1 is 1.29 bits per heavy atom. The number of carbonyl (C=O) groups excluding carboxylic acids is 1. The topological polar surface area (TPSA) is 46.3 Å². The van der Waals surface area contributed by atoms with Gasteiger partial charge in [0.25, 0.3) is 0 Å². The fourth-order valence-electron chi connectivity index (χ4n) is 1.71. The fraction of sp³-hybridized carbons (Fsp3) is 0.364. The molecule has 1 amide bonds. The monoisotopic (exact) mass is 190 g/mol. The zero-order valence-electron chi connectivity index (χ0n) is 8.40. The number of hydrogen-bond donors (Lipinski definition) is 1. The Hall–Kier alpha value is -1.35. The van der Waals surface area contributed by atoms with Gasteiger partial charge in [-0.05, 0) is 26.0 Å². The summed E-state index contributed by atoms with van der Waals surface area (Å²) in [5, 5.41) is 0. The Balaban J connectivity index is 2.25. The molecule has 0 spiro atoms. The van der Waals surface area contributed by atoms with Gasteiger partial charge in [0.2, 0.25) is 5.91 Å². The minimum absolute atomic E-state index is 0.0151. The summed E-state index contributed by atoms with van der Waals surface area (Å²) in [5.74, 6) is 0.0151. The molecule has 1 aromatic rings. The van der Waals surface area contributed by atoms with Crippen LogP contribution in [0, 0.1) is 6.92 Å². The normalized spacial score (nSPS) is 26.2. The molecule has 1 aliphatic rings. The Morgan fingerprint density at radius 3 is 2.36 bits per heavy atom. The summed E-state index contributed by atoms with van der Waals surface area (Å²) in [6, 6.07) is 7.70. The van der Waals surface area contributed by atoms with Gasteiger partial charge in [0.1, 0.15) is 6.04 Å². The van der Waals surface area contributed by atoms with E-state index in [9.17, 15) is 4.79 Å². The molecule has 2 unspecified atom stereocenters. The van der Waals surface area contributed by atoms with Gasteiger partial charge in [-0.25, -0.2) is 0 Å². The first-order valence-electron chi connectivity index (χ1n) is 4.76. The SMILES string of the molecule is Cc1ccc(N2C(=O)C(N)C2C)cc1. The van der Waals surface area contributed by atoms with E-state index in [4.69, 9.17) is 5.73 Å². The van der Waals surface area contributed by atoms with Crippen LogP contribution in [-0.2, 0) is 4.79 Å². The van der Waals surface area contributed by atoms with Crippen molar-refractivity contribution in [1.29, 1.82) is 0 Å². The van der Waals surface area contributed by atoms with E-state index >= 15 is 0 Å². The van der Waals surface area contributed by atoms with Gasteiger partial charge < -0.3 is 10.6 Å². The molecular formula is C11H14N2O. The number of hydrogen-bond acceptors (Lipinski definition) is 2. The van der Waals surface area contributed by atoms with Crippen molar-refractivity contribution in [2.75, 3.05) is 4.90 Å². The molecule has 2 atom stereocenters. The second-order valence-corrected chi connectivity index (χ2v) is 3.81. The van der Waals surface area contributed by atoms with Crippen molar-refractivity contribution >= 4 is 11.6 Å². The first-order valence-corrected chi connectivity index (χ1v) is 4.76. The molecule has 0 saturated carbocycles. The molecule has 0 bridgehead atoms. The van der Waals surface area contributed by atoms with E-state index in [1.165, 1.54) is 5.56 Å². The lowest BCUT2D eigenvalue weighted by Crippen LogP contribution is -2.67. The summed E-state index contributed by atoms with van der Waals surface area (Å²) in [4.78, 5) is 13.2. The smallest absolute Gasteiger partial charge is 0.246 e. The third-order valence-electron chi connectivity index (χ3n) is 2.76. The molecule has 3 heteroatoms. The van der Waals surface area contributed by atoms with Gasteiger partial charge in [0, 0.05) is 5.69 Å². The van der Waals surface area contributed by atoms with Crippen molar-refractivity contribution in [1.82, 2.24) is 0 Å². The summed E-state index contributed by atoms with van der Waals surface area (Å²) in [7, 11) is 0. The van der Waals surface area contributed by atoms with Gasteiger partial charge in [-0.3, -0.25) is 4.79 Å². The van der Waals surface area contributed by atoms with Crippen LogP contribution in [-0.4, -0.2) is 18.0 Å². The average molecular weight is 190 g/mol. The molecule has 0 aromatic heterocycles. The molecule has 1 heterocycles. The van der Waals surface area contributed by atoms with Crippen LogP contribution in [0.15, 0.2) is 24.3 Å². The zero-order valence-corrected chi connectivity index (χ0v) is 8.40. The van der Waals surface area contributed by atoms with Crippen molar-refractivity contribution in [3.8, 4) is 0 Å². The minimum atomic E-state index is -0.323. The van der Waals surface area contributed by atoms with Crippen molar-refractivity contribution in [3.63, 3.8) is 0 Å². The molecule has 1 aromatic carbocycles. The number of amides is 1. The number of nitrogens with two attached hydrogens (primary N) is 1. The summed E-state index contributed by atoms with van der Waals surface area (Å²) in [6.07, 6.45) is 0. The van der Waals surface area contributed by atoms with Crippen LogP contribution in [0.5, 0.6) is 0 Å². The highest BCUT2D eigenvalue weighted by Crippen LogP contribution is 2.26. The number of rotatable bonds is 1. The standard InChI is InChI=1S/C11H14N2O/c1-7-3-5-9(6-4-7)13-8(2)10(12)11(13)14/h3-6,8,10H,12H2,1-2H3. The Kier molecular flexibility index (Phi) is 2.04. The van der Waals surface area contributed by atoms with Crippen LogP contribution in [0.3, 0.4) is 0 Å². The largest absolute Gasteiger partial charge is 0.318 e. The zero-order chi connectivity index (χ0) is 10.3. The number of benzene rings is 1. The highest BCUT2D eigenvalue weighted by Gasteiger charge is 2.42. The predicted molar refractivity (Wildman–Crippen MR) is 56.1 cm³/mol. The van der Waals surface area contributed by atoms with E-state index in [-0.39, 0.29) is 18.0 Å². The quantitative estimate of drug-likeness (QED) is 0.673. The summed E-state index contributed by atoms with van der Waals surface area (Å²) in [5.41, 5.74) is 7.76. The van der Waals surface area contributed by atoms with Gasteiger partial charge >= 0.3 is 0 Å². The predicted octanol–water partition coefficient (Wildman–Crippen LogP) is 1.06. The van der Waals surface area contributed by atoms with Crippen molar-refractivity contribution in [2.24, 2.45) is 5.73 Å². The number of aryl methyl sites for hydroxylation is 1. The third-order valence-corrected chi connectivity index (χ3v) is 2.76. The maximum Gasteiger partial charge on any atom is 0.246 e. The lowest BCUT2D eigenvalue weighted by Gasteiger charge is -2.43. The van der Waals surface area contributed by atoms with E-state index in [0.717, 1.165) is 5.69 Å². The molecule has 0 aliphatic carbocycles. The lowest BCUT2D eigenvalue weighted by atomic mass is 9.96. The number of anilines is 1. The Labute approximate surface area is 83.5 Å². The van der Waals surface area contributed by atoms with Gasteiger partial charge in [-0.1, -0.05) is 17.7 Å². The summed E-state index contributed by atoms with van der Waals surface area (Å²) < 4.78 is 0. The molecule has 1 aliphatic heterocycles. The van der Waals surface area contributed by atoms with E-state index in [2.05, 4.69) is 0 Å². The van der Waals surface area contributed by atoms with Crippen LogP contribution in [0.2, 0.25) is 0 Å². The van der Waals surface area contributed by atoms with E-state index in [1.807, 2.05) is 38.1 Å². The second-order valence-electron chi connectivity index (χ2n) is 3.81. The maximum absolute atomic E-state index is 11.5. The molecular weight excluding hydrogens is 176 g/mol.